The molecule has 3 saturated heterocycles. The molecule has 0 aromatic carbocycles. The molecule has 0 aromatic heterocycles. The van der Waals surface area contributed by atoms with Gasteiger partial charge in [0, 0.05) is 52.9 Å². The van der Waals surface area contributed by atoms with E-state index in [4.69, 9.17) is 4.74 Å². The molecule has 0 radical (unpaired) electrons. The van der Waals surface area contributed by atoms with Crippen LogP contribution in [0.1, 0.15) is 19.3 Å². The number of likely N-dealkylation sites (tertiary alicyclic amines) is 1. The molecule has 24 heavy (non-hydrogen) atoms. The Morgan fingerprint density at radius 3 is 2.38 bits per heavy atom. The Labute approximate surface area is 144 Å². The van der Waals surface area contributed by atoms with Gasteiger partial charge in [-0.2, -0.15) is 0 Å². The van der Waals surface area contributed by atoms with Crippen LogP contribution in [-0.4, -0.2) is 110 Å². The molecule has 7 nitrogen and oxygen atoms in total. The predicted octanol–water partition coefficient (Wildman–Crippen LogP) is -0.526. The molecule has 7 heteroatoms. The predicted molar refractivity (Wildman–Crippen MR) is 90.7 cm³/mol. The quantitative estimate of drug-likeness (QED) is 0.678. The van der Waals surface area contributed by atoms with Gasteiger partial charge >= 0.3 is 0 Å². The second-order valence-electron chi connectivity index (χ2n) is 7.48. The summed E-state index contributed by atoms with van der Waals surface area (Å²) in [5.41, 5.74) is -0.310. The summed E-state index contributed by atoms with van der Waals surface area (Å²) >= 11 is 0. The smallest absolute Gasteiger partial charge is 0.236 e. The first kappa shape index (κ1) is 17.6. The van der Waals surface area contributed by atoms with E-state index in [-0.39, 0.29) is 17.4 Å². The van der Waals surface area contributed by atoms with Crippen LogP contribution in [-0.2, 0) is 14.3 Å². The third-order valence-corrected chi connectivity index (χ3v) is 5.72. The van der Waals surface area contributed by atoms with Crippen molar-refractivity contribution in [1.82, 2.24) is 19.6 Å². The molecule has 136 valence electrons. The van der Waals surface area contributed by atoms with Crippen molar-refractivity contribution < 1.29 is 14.3 Å². The van der Waals surface area contributed by atoms with Crippen LogP contribution in [0, 0.1) is 0 Å². The van der Waals surface area contributed by atoms with Gasteiger partial charge in [0.05, 0.1) is 25.2 Å². The maximum absolute atomic E-state index is 12.5. The van der Waals surface area contributed by atoms with Crippen LogP contribution in [0.15, 0.2) is 0 Å². The lowest BCUT2D eigenvalue weighted by atomic mass is 9.87. The summed E-state index contributed by atoms with van der Waals surface area (Å²) in [4.78, 5) is 32.8. The molecular weight excluding hydrogens is 308 g/mol. The summed E-state index contributed by atoms with van der Waals surface area (Å²) < 4.78 is 6.06. The number of hydrogen-bond donors (Lipinski definition) is 0. The van der Waals surface area contributed by atoms with Gasteiger partial charge in [0.2, 0.25) is 11.8 Å². The van der Waals surface area contributed by atoms with E-state index in [9.17, 15) is 9.59 Å². The molecule has 0 saturated carbocycles. The molecule has 3 rings (SSSR count). The van der Waals surface area contributed by atoms with Gasteiger partial charge in [-0.3, -0.25) is 14.5 Å². The Bertz CT molecular complexity index is 468. The molecule has 0 aliphatic carbocycles. The number of amides is 2. The van der Waals surface area contributed by atoms with Crippen molar-refractivity contribution in [3.05, 3.63) is 0 Å². The van der Waals surface area contributed by atoms with Crippen LogP contribution >= 0.6 is 0 Å². The fourth-order valence-corrected chi connectivity index (χ4v) is 3.77. The number of piperidine rings is 1. The summed E-state index contributed by atoms with van der Waals surface area (Å²) in [7, 11) is 3.94. The lowest BCUT2D eigenvalue weighted by Gasteiger charge is -2.41. The Balaban J connectivity index is 1.48. The first-order valence-electron chi connectivity index (χ1n) is 9.04. The summed E-state index contributed by atoms with van der Waals surface area (Å²) in [6, 6.07) is 0. The Kier molecular flexibility index (Phi) is 5.42. The van der Waals surface area contributed by atoms with Crippen LogP contribution in [0.2, 0.25) is 0 Å². The summed E-state index contributed by atoms with van der Waals surface area (Å²) in [5, 5.41) is 0. The van der Waals surface area contributed by atoms with Crippen molar-refractivity contribution in [1.29, 1.82) is 0 Å². The van der Waals surface area contributed by atoms with E-state index < -0.39 is 0 Å². The van der Waals surface area contributed by atoms with Gasteiger partial charge in [0.1, 0.15) is 0 Å². The van der Waals surface area contributed by atoms with Crippen molar-refractivity contribution in [3.8, 4) is 0 Å². The summed E-state index contributed by atoms with van der Waals surface area (Å²) in [6.45, 7) is 7.01. The second kappa shape index (κ2) is 7.37. The molecular formula is C17H30N4O3. The van der Waals surface area contributed by atoms with E-state index in [0.29, 0.717) is 26.1 Å². The normalized spacial score (nSPS) is 26.7. The topological polar surface area (TPSA) is 56.3 Å². The first-order valence-corrected chi connectivity index (χ1v) is 9.04. The van der Waals surface area contributed by atoms with Gasteiger partial charge in [-0.05, 0) is 19.9 Å². The lowest BCUT2D eigenvalue weighted by molar-refractivity contribution is -0.139. The number of carbonyl (C=O) groups is 2. The molecule has 1 spiro atoms. The number of nitrogens with zero attached hydrogens (tertiary/aromatic N) is 4. The number of carbonyl (C=O) groups excluding carboxylic acids is 2. The fraction of sp³-hybridized carbons (Fsp3) is 0.882. The number of rotatable bonds is 2. The summed E-state index contributed by atoms with van der Waals surface area (Å²) in [5.74, 6) is 0.408. The zero-order valence-corrected chi connectivity index (χ0v) is 15.0. The van der Waals surface area contributed by atoms with Gasteiger partial charge in [-0.15, -0.1) is 0 Å². The maximum atomic E-state index is 12.5. The molecule has 0 N–H and O–H groups in total. The van der Waals surface area contributed by atoms with Crippen molar-refractivity contribution >= 4 is 11.8 Å². The number of likely N-dealkylation sites (N-methyl/N-ethyl adjacent to an activating group) is 2. The third-order valence-electron chi connectivity index (χ3n) is 5.72. The SMILES string of the molecule is CN1CCN(C(=O)CN2CCC3(CC2)CC(=O)N(C)CCO3)CC1. The van der Waals surface area contributed by atoms with Crippen LogP contribution < -0.4 is 0 Å². The van der Waals surface area contributed by atoms with Crippen molar-refractivity contribution in [2.45, 2.75) is 24.9 Å². The van der Waals surface area contributed by atoms with Crippen molar-refractivity contribution in [2.75, 3.05) is 73.1 Å². The van der Waals surface area contributed by atoms with Crippen LogP contribution in [0.4, 0.5) is 0 Å². The highest BCUT2D eigenvalue weighted by Crippen LogP contribution is 2.32. The molecule has 0 atom stereocenters. The minimum atomic E-state index is -0.310. The third kappa shape index (κ3) is 4.07. The minimum Gasteiger partial charge on any atom is -0.373 e. The Morgan fingerprint density at radius 1 is 1.04 bits per heavy atom. The molecule has 0 aromatic rings. The average Bonchev–Trinajstić information content (AvgIpc) is 2.70. The van der Waals surface area contributed by atoms with Gasteiger partial charge in [0.25, 0.3) is 0 Å². The zero-order chi connectivity index (χ0) is 17.2. The molecule has 3 fully saturated rings. The van der Waals surface area contributed by atoms with Gasteiger partial charge in [0.15, 0.2) is 0 Å². The van der Waals surface area contributed by atoms with Gasteiger partial charge < -0.3 is 19.4 Å². The van der Waals surface area contributed by atoms with Gasteiger partial charge in [-0.1, -0.05) is 0 Å². The number of ether oxygens (including phenoxy) is 1. The molecule has 3 aliphatic rings. The van der Waals surface area contributed by atoms with Crippen LogP contribution in [0.3, 0.4) is 0 Å². The number of piperazine rings is 1. The van der Waals surface area contributed by atoms with E-state index in [0.717, 1.165) is 52.1 Å². The molecule has 3 aliphatic heterocycles. The lowest BCUT2D eigenvalue weighted by Crippen LogP contribution is -2.53. The average molecular weight is 338 g/mol. The standard InChI is InChI=1S/C17H30N4O3/c1-18-7-9-21(10-8-18)16(23)14-20-5-3-17(4-6-20)13-15(22)19(2)11-12-24-17/h3-14H2,1-2H3. The highest BCUT2D eigenvalue weighted by molar-refractivity contribution is 5.78. The highest BCUT2D eigenvalue weighted by Gasteiger charge is 2.40. The fourth-order valence-electron chi connectivity index (χ4n) is 3.77. The molecule has 0 bridgehead atoms. The number of hydrogen-bond acceptors (Lipinski definition) is 5. The Hall–Kier alpha value is -1.18. The van der Waals surface area contributed by atoms with Crippen LogP contribution in [0.25, 0.3) is 0 Å². The molecule has 3 heterocycles. The largest absolute Gasteiger partial charge is 0.373 e. The highest BCUT2D eigenvalue weighted by atomic mass is 16.5. The van der Waals surface area contributed by atoms with E-state index in [1.54, 1.807) is 4.90 Å². The Morgan fingerprint density at radius 2 is 1.71 bits per heavy atom. The zero-order valence-electron chi connectivity index (χ0n) is 15.0. The first-order chi connectivity index (χ1) is 11.5. The van der Waals surface area contributed by atoms with E-state index in [1.807, 2.05) is 11.9 Å². The van der Waals surface area contributed by atoms with Crippen LogP contribution in [0.5, 0.6) is 0 Å². The van der Waals surface area contributed by atoms with E-state index in [2.05, 4.69) is 16.8 Å². The van der Waals surface area contributed by atoms with Crippen molar-refractivity contribution in [3.63, 3.8) is 0 Å². The van der Waals surface area contributed by atoms with Gasteiger partial charge in [-0.25, -0.2) is 0 Å². The summed E-state index contributed by atoms with van der Waals surface area (Å²) in [6.07, 6.45) is 2.15. The maximum Gasteiger partial charge on any atom is 0.236 e. The second-order valence-corrected chi connectivity index (χ2v) is 7.48. The molecule has 0 unspecified atom stereocenters. The van der Waals surface area contributed by atoms with Crippen molar-refractivity contribution in [2.24, 2.45) is 0 Å². The van der Waals surface area contributed by atoms with E-state index in [1.165, 1.54) is 0 Å². The molecule has 2 amide bonds. The van der Waals surface area contributed by atoms with E-state index >= 15 is 0 Å². The monoisotopic (exact) mass is 338 g/mol. The minimum absolute atomic E-state index is 0.175.